The van der Waals surface area contributed by atoms with E-state index in [4.69, 9.17) is 4.74 Å². The van der Waals surface area contributed by atoms with Gasteiger partial charge in [-0.1, -0.05) is 12.1 Å². The quantitative estimate of drug-likeness (QED) is 0.796. The molecule has 1 aromatic heterocycles. The van der Waals surface area contributed by atoms with Crippen molar-refractivity contribution in [3.05, 3.63) is 59.9 Å². The molecule has 0 radical (unpaired) electrons. The molecule has 3 aromatic rings. The first-order valence-corrected chi connectivity index (χ1v) is 8.65. The Labute approximate surface area is 146 Å². The smallest absolute Gasteiger partial charge is 0.251 e. The van der Waals surface area contributed by atoms with Gasteiger partial charge in [0.05, 0.1) is 17.1 Å². The van der Waals surface area contributed by atoms with Gasteiger partial charge in [-0.3, -0.25) is 9.36 Å². The number of carbonyl (C=O) groups excluding carboxylic acids is 1. The first-order valence-electron chi connectivity index (χ1n) is 8.65. The molecular weight excluding hydrogens is 314 g/mol. The van der Waals surface area contributed by atoms with Crippen LogP contribution in [-0.2, 0) is 4.74 Å². The number of hydrogen-bond donors (Lipinski definition) is 1. The number of imidazole rings is 1. The van der Waals surface area contributed by atoms with Crippen molar-refractivity contribution in [2.24, 2.45) is 0 Å². The van der Waals surface area contributed by atoms with Gasteiger partial charge in [0.1, 0.15) is 6.33 Å². The lowest BCUT2D eigenvalue weighted by Crippen LogP contribution is -2.31. The van der Waals surface area contributed by atoms with Crippen LogP contribution in [0.2, 0.25) is 0 Å². The van der Waals surface area contributed by atoms with Gasteiger partial charge in [-0.05, 0) is 55.7 Å². The molecule has 1 aliphatic heterocycles. The summed E-state index contributed by atoms with van der Waals surface area (Å²) in [5.74, 6) is -0.0810. The van der Waals surface area contributed by atoms with Gasteiger partial charge in [-0.15, -0.1) is 0 Å². The number of fused-ring (bicyclic) bond motifs is 1. The molecule has 1 N–H and O–H groups in total. The molecule has 1 saturated heterocycles. The molecule has 0 bridgehead atoms. The molecular formula is C20H21N3O2. The number of benzene rings is 2. The monoisotopic (exact) mass is 335 g/mol. The molecule has 1 amide bonds. The minimum atomic E-state index is -0.0810. The second-order valence-corrected chi connectivity index (χ2v) is 6.50. The first kappa shape index (κ1) is 15.8. The van der Waals surface area contributed by atoms with Crippen molar-refractivity contribution in [2.45, 2.75) is 25.9 Å². The third-order valence-corrected chi connectivity index (χ3v) is 4.60. The lowest BCUT2D eigenvalue weighted by Gasteiger charge is -2.11. The van der Waals surface area contributed by atoms with Crippen LogP contribution in [0.3, 0.4) is 0 Å². The number of nitrogens with zero attached hydrogens (tertiary/aromatic N) is 2. The van der Waals surface area contributed by atoms with Crippen LogP contribution in [0.5, 0.6) is 0 Å². The number of amides is 1. The summed E-state index contributed by atoms with van der Waals surface area (Å²) in [5, 5.41) is 2.95. The SMILES string of the molecule is Cc1cccc(-n2cnc3cc(C(=O)NCC4CCCO4)ccc32)c1. The molecule has 128 valence electrons. The van der Waals surface area contributed by atoms with E-state index in [0.717, 1.165) is 36.2 Å². The van der Waals surface area contributed by atoms with Crippen molar-refractivity contribution in [3.63, 3.8) is 0 Å². The Kier molecular flexibility index (Phi) is 4.24. The summed E-state index contributed by atoms with van der Waals surface area (Å²) >= 11 is 0. The zero-order valence-corrected chi connectivity index (χ0v) is 14.2. The Morgan fingerprint density at radius 2 is 2.24 bits per heavy atom. The van der Waals surface area contributed by atoms with Crippen LogP contribution in [0.1, 0.15) is 28.8 Å². The molecule has 4 rings (SSSR count). The normalized spacial score (nSPS) is 17.1. The number of aryl methyl sites for hydroxylation is 1. The van der Waals surface area contributed by atoms with E-state index in [9.17, 15) is 4.79 Å². The van der Waals surface area contributed by atoms with Crippen molar-refractivity contribution < 1.29 is 9.53 Å². The standard InChI is InChI=1S/C20H21N3O2/c1-14-4-2-5-16(10-14)23-13-22-18-11-15(7-8-19(18)23)20(24)21-12-17-6-3-9-25-17/h2,4-5,7-8,10-11,13,17H,3,6,9,12H2,1H3,(H,21,24). The number of hydrogen-bond acceptors (Lipinski definition) is 3. The largest absolute Gasteiger partial charge is 0.376 e. The fourth-order valence-electron chi connectivity index (χ4n) is 3.25. The lowest BCUT2D eigenvalue weighted by molar-refractivity contribution is 0.0858. The van der Waals surface area contributed by atoms with E-state index >= 15 is 0 Å². The third kappa shape index (κ3) is 3.28. The highest BCUT2D eigenvalue weighted by Crippen LogP contribution is 2.20. The number of nitrogens with one attached hydrogen (secondary N) is 1. The Hall–Kier alpha value is -2.66. The van der Waals surface area contributed by atoms with Gasteiger partial charge in [-0.2, -0.15) is 0 Å². The predicted molar refractivity (Wildman–Crippen MR) is 97.1 cm³/mol. The van der Waals surface area contributed by atoms with Crippen LogP contribution < -0.4 is 5.32 Å². The summed E-state index contributed by atoms with van der Waals surface area (Å²) in [6.07, 6.45) is 4.03. The molecule has 2 aromatic carbocycles. The van der Waals surface area contributed by atoms with Gasteiger partial charge >= 0.3 is 0 Å². The summed E-state index contributed by atoms with van der Waals surface area (Å²) in [7, 11) is 0. The highest BCUT2D eigenvalue weighted by Gasteiger charge is 2.17. The number of aromatic nitrogens is 2. The van der Waals surface area contributed by atoms with Crippen molar-refractivity contribution in [2.75, 3.05) is 13.2 Å². The molecule has 1 fully saturated rings. The molecule has 5 nitrogen and oxygen atoms in total. The average molecular weight is 335 g/mol. The third-order valence-electron chi connectivity index (χ3n) is 4.60. The molecule has 0 spiro atoms. The Morgan fingerprint density at radius 3 is 3.04 bits per heavy atom. The van der Waals surface area contributed by atoms with Crippen LogP contribution >= 0.6 is 0 Å². The summed E-state index contributed by atoms with van der Waals surface area (Å²) < 4.78 is 7.58. The molecule has 0 saturated carbocycles. The Morgan fingerprint density at radius 1 is 1.32 bits per heavy atom. The van der Waals surface area contributed by atoms with E-state index in [1.54, 1.807) is 6.33 Å². The van der Waals surface area contributed by atoms with E-state index in [-0.39, 0.29) is 12.0 Å². The van der Waals surface area contributed by atoms with Crippen LogP contribution in [0.4, 0.5) is 0 Å². The first-order chi connectivity index (χ1) is 12.2. The van der Waals surface area contributed by atoms with Crippen LogP contribution in [0.25, 0.3) is 16.7 Å². The minimum absolute atomic E-state index is 0.0810. The lowest BCUT2D eigenvalue weighted by atomic mass is 10.1. The van der Waals surface area contributed by atoms with E-state index in [1.807, 2.05) is 28.8 Å². The topological polar surface area (TPSA) is 56.2 Å². The van der Waals surface area contributed by atoms with Gasteiger partial charge in [0.25, 0.3) is 5.91 Å². The Bertz CT molecular complexity index is 910. The van der Waals surface area contributed by atoms with Crippen molar-refractivity contribution in [3.8, 4) is 5.69 Å². The fourth-order valence-corrected chi connectivity index (χ4v) is 3.25. The second kappa shape index (κ2) is 6.69. The van der Waals surface area contributed by atoms with Gasteiger partial charge in [0.2, 0.25) is 0 Å². The fraction of sp³-hybridized carbons (Fsp3) is 0.300. The van der Waals surface area contributed by atoms with Crippen LogP contribution in [0, 0.1) is 6.92 Å². The molecule has 25 heavy (non-hydrogen) atoms. The van der Waals surface area contributed by atoms with E-state index < -0.39 is 0 Å². The summed E-state index contributed by atoms with van der Waals surface area (Å²) in [4.78, 5) is 16.8. The van der Waals surface area contributed by atoms with Crippen LogP contribution in [0.15, 0.2) is 48.8 Å². The van der Waals surface area contributed by atoms with E-state index in [2.05, 4.69) is 35.4 Å². The number of carbonyl (C=O) groups is 1. The van der Waals surface area contributed by atoms with Crippen molar-refractivity contribution in [1.82, 2.24) is 14.9 Å². The molecule has 1 unspecified atom stereocenters. The minimum Gasteiger partial charge on any atom is -0.376 e. The summed E-state index contributed by atoms with van der Waals surface area (Å²) in [6, 6.07) is 13.9. The van der Waals surface area contributed by atoms with Crippen molar-refractivity contribution >= 4 is 16.9 Å². The Balaban J connectivity index is 1.55. The average Bonchev–Trinajstić information content (AvgIpc) is 3.28. The van der Waals surface area contributed by atoms with Gasteiger partial charge < -0.3 is 10.1 Å². The summed E-state index contributed by atoms with van der Waals surface area (Å²) in [5.41, 5.74) is 4.69. The maximum atomic E-state index is 12.4. The maximum absolute atomic E-state index is 12.4. The predicted octanol–water partition coefficient (Wildman–Crippen LogP) is 3.24. The van der Waals surface area contributed by atoms with Gasteiger partial charge in [-0.25, -0.2) is 4.98 Å². The molecule has 1 atom stereocenters. The molecule has 5 heteroatoms. The second-order valence-electron chi connectivity index (χ2n) is 6.50. The zero-order chi connectivity index (χ0) is 17.2. The molecule has 0 aliphatic carbocycles. The molecule has 1 aliphatic rings. The highest BCUT2D eigenvalue weighted by atomic mass is 16.5. The van der Waals surface area contributed by atoms with E-state index in [0.29, 0.717) is 12.1 Å². The van der Waals surface area contributed by atoms with Gasteiger partial charge in [0.15, 0.2) is 0 Å². The van der Waals surface area contributed by atoms with Crippen LogP contribution in [-0.4, -0.2) is 34.7 Å². The van der Waals surface area contributed by atoms with Gasteiger partial charge in [0, 0.05) is 24.4 Å². The maximum Gasteiger partial charge on any atom is 0.251 e. The molecule has 2 heterocycles. The number of ether oxygens (including phenoxy) is 1. The zero-order valence-electron chi connectivity index (χ0n) is 14.2. The van der Waals surface area contributed by atoms with Crippen molar-refractivity contribution in [1.29, 1.82) is 0 Å². The highest BCUT2D eigenvalue weighted by molar-refractivity contribution is 5.97. The number of rotatable bonds is 4. The van der Waals surface area contributed by atoms with E-state index in [1.165, 1.54) is 5.56 Å². The summed E-state index contributed by atoms with van der Waals surface area (Å²) in [6.45, 7) is 3.43.